The number of aromatic amines is 1. The van der Waals surface area contributed by atoms with Gasteiger partial charge in [0.1, 0.15) is 5.75 Å². The second-order valence-corrected chi connectivity index (χ2v) is 5.35. The topological polar surface area (TPSA) is 70.2 Å². The van der Waals surface area contributed by atoms with E-state index in [1.807, 2.05) is 25.1 Å². The molecule has 1 aromatic carbocycles. The molecule has 0 radical (unpaired) electrons. The van der Waals surface area contributed by atoms with Gasteiger partial charge in [-0.3, -0.25) is 4.90 Å². The van der Waals surface area contributed by atoms with Crippen LogP contribution in [-0.4, -0.2) is 36.2 Å². The van der Waals surface area contributed by atoms with E-state index in [1.165, 1.54) is 5.57 Å². The number of hydrogen-bond donors (Lipinski definition) is 2. The molecule has 2 amide bonds. The molecule has 6 nitrogen and oxygen atoms in total. The molecule has 0 bridgehead atoms. The standard InChI is InChI=1S/C17H20N4O2/c1-3-19-17(22)21(2)14-4-5-16-15(9-14)12(6-7-23-16)8-13-10-18-11-20-13/h4-5,8-11H,3,6-7H2,1-2H3,(H,18,20)(H,19,22)/b12-8+. The Kier molecular flexibility index (Phi) is 4.32. The van der Waals surface area contributed by atoms with Crippen molar-refractivity contribution in [3.8, 4) is 5.75 Å². The number of carbonyl (C=O) groups excluding carboxylic acids is 1. The largest absolute Gasteiger partial charge is 0.493 e. The number of rotatable bonds is 3. The van der Waals surface area contributed by atoms with E-state index in [1.54, 1.807) is 24.5 Å². The Balaban J connectivity index is 1.95. The predicted octanol–water partition coefficient (Wildman–Crippen LogP) is 2.90. The van der Waals surface area contributed by atoms with E-state index in [0.29, 0.717) is 13.2 Å². The number of hydrogen-bond acceptors (Lipinski definition) is 3. The summed E-state index contributed by atoms with van der Waals surface area (Å²) in [5, 5.41) is 2.80. The van der Waals surface area contributed by atoms with E-state index in [-0.39, 0.29) is 6.03 Å². The van der Waals surface area contributed by atoms with Crippen LogP contribution in [-0.2, 0) is 0 Å². The van der Waals surface area contributed by atoms with Gasteiger partial charge in [0.2, 0.25) is 0 Å². The molecular formula is C17H20N4O2. The smallest absolute Gasteiger partial charge is 0.321 e. The van der Waals surface area contributed by atoms with Crippen LogP contribution >= 0.6 is 0 Å². The van der Waals surface area contributed by atoms with Gasteiger partial charge in [0, 0.05) is 31.3 Å². The molecule has 1 aliphatic heterocycles. The summed E-state index contributed by atoms with van der Waals surface area (Å²) in [6.45, 7) is 3.15. The lowest BCUT2D eigenvalue weighted by atomic mass is 9.98. The highest BCUT2D eigenvalue weighted by Crippen LogP contribution is 2.36. The van der Waals surface area contributed by atoms with E-state index < -0.39 is 0 Å². The number of benzene rings is 1. The number of urea groups is 1. The number of nitrogens with zero attached hydrogens (tertiary/aromatic N) is 2. The maximum atomic E-state index is 12.0. The monoisotopic (exact) mass is 312 g/mol. The summed E-state index contributed by atoms with van der Waals surface area (Å²) in [7, 11) is 1.76. The second-order valence-electron chi connectivity index (χ2n) is 5.35. The fraction of sp³-hybridized carbons (Fsp3) is 0.294. The van der Waals surface area contributed by atoms with Gasteiger partial charge in [0.05, 0.1) is 24.8 Å². The van der Waals surface area contributed by atoms with E-state index >= 15 is 0 Å². The van der Waals surface area contributed by atoms with Crippen LogP contribution in [0.15, 0.2) is 30.7 Å². The molecule has 23 heavy (non-hydrogen) atoms. The molecule has 6 heteroatoms. The Labute approximate surface area is 135 Å². The fourth-order valence-electron chi connectivity index (χ4n) is 2.58. The minimum Gasteiger partial charge on any atom is -0.493 e. The molecule has 0 aliphatic carbocycles. The van der Waals surface area contributed by atoms with Crippen molar-refractivity contribution in [3.63, 3.8) is 0 Å². The highest BCUT2D eigenvalue weighted by Gasteiger charge is 2.18. The first-order valence-electron chi connectivity index (χ1n) is 7.66. The van der Waals surface area contributed by atoms with Gasteiger partial charge in [-0.25, -0.2) is 9.78 Å². The molecule has 2 N–H and O–H groups in total. The maximum Gasteiger partial charge on any atom is 0.321 e. The van der Waals surface area contributed by atoms with E-state index in [4.69, 9.17) is 4.74 Å². The van der Waals surface area contributed by atoms with Crippen molar-refractivity contribution >= 4 is 23.4 Å². The van der Waals surface area contributed by atoms with Gasteiger partial charge in [-0.1, -0.05) is 0 Å². The van der Waals surface area contributed by atoms with Gasteiger partial charge in [0.15, 0.2) is 0 Å². The van der Waals surface area contributed by atoms with Crippen LogP contribution in [0.3, 0.4) is 0 Å². The molecular weight excluding hydrogens is 292 g/mol. The number of amides is 2. The first-order chi connectivity index (χ1) is 11.2. The summed E-state index contributed by atoms with van der Waals surface area (Å²) in [6, 6.07) is 5.68. The normalized spacial score (nSPS) is 15.0. The number of fused-ring (bicyclic) bond motifs is 1. The molecule has 120 valence electrons. The predicted molar refractivity (Wildman–Crippen MR) is 90.5 cm³/mol. The average molecular weight is 312 g/mol. The molecule has 2 aromatic rings. The van der Waals surface area contributed by atoms with Crippen LogP contribution in [0.25, 0.3) is 11.6 Å². The number of H-pyrrole nitrogens is 1. The Hall–Kier alpha value is -2.76. The molecule has 0 unspecified atom stereocenters. The minimum absolute atomic E-state index is 0.122. The number of nitrogens with one attached hydrogen (secondary N) is 2. The van der Waals surface area contributed by atoms with Gasteiger partial charge in [-0.15, -0.1) is 0 Å². The third-order valence-electron chi connectivity index (χ3n) is 3.81. The van der Waals surface area contributed by atoms with Gasteiger partial charge in [-0.05, 0) is 36.8 Å². The summed E-state index contributed by atoms with van der Waals surface area (Å²) >= 11 is 0. The van der Waals surface area contributed by atoms with Gasteiger partial charge >= 0.3 is 6.03 Å². The second kappa shape index (κ2) is 6.56. The third-order valence-corrected chi connectivity index (χ3v) is 3.81. The molecule has 0 saturated carbocycles. The van der Waals surface area contributed by atoms with Crippen molar-refractivity contribution in [2.75, 3.05) is 25.1 Å². The molecule has 1 aliphatic rings. The van der Waals surface area contributed by atoms with E-state index in [2.05, 4.69) is 21.4 Å². The number of aromatic nitrogens is 2. The van der Waals surface area contributed by atoms with Crippen molar-refractivity contribution < 1.29 is 9.53 Å². The SMILES string of the molecule is CCNC(=O)N(C)c1ccc2c(c1)/C(=C/c1cnc[nH]1)CCO2. The van der Waals surface area contributed by atoms with Crippen LogP contribution in [0.4, 0.5) is 10.5 Å². The maximum absolute atomic E-state index is 12.0. The van der Waals surface area contributed by atoms with Crippen LogP contribution in [0.5, 0.6) is 5.75 Å². The van der Waals surface area contributed by atoms with Crippen LogP contribution in [0.2, 0.25) is 0 Å². The molecule has 0 saturated heterocycles. The van der Waals surface area contributed by atoms with Crippen molar-refractivity contribution in [2.45, 2.75) is 13.3 Å². The average Bonchev–Trinajstić information content (AvgIpc) is 3.07. The zero-order chi connectivity index (χ0) is 16.2. The zero-order valence-corrected chi connectivity index (χ0v) is 13.3. The summed E-state index contributed by atoms with van der Waals surface area (Å²) in [6.07, 6.45) is 6.34. The third kappa shape index (κ3) is 3.21. The number of carbonyl (C=O) groups is 1. The minimum atomic E-state index is -0.122. The van der Waals surface area contributed by atoms with E-state index in [0.717, 1.165) is 29.1 Å². The Morgan fingerprint density at radius 2 is 2.39 bits per heavy atom. The Morgan fingerprint density at radius 3 is 3.13 bits per heavy atom. The van der Waals surface area contributed by atoms with Gasteiger partial charge in [-0.2, -0.15) is 0 Å². The first-order valence-corrected chi connectivity index (χ1v) is 7.66. The molecule has 2 heterocycles. The lowest BCUT2D eigenvalue weighted by molar-refractivity contribution is 0.248. The number of imidazole rings is 1. The lowest BCUT2D eigenvalue weighted by Gasteiger charge is -2.24. The molecule has 0 fully saturated rings. The van der Waals surface area contributed by atoms with Crippen molar-refractivity contribution in [2.24, 2.45) is 0 Å². The van der Waals surface area contributed by atoms with Crippen LogP contribution in [0, 0.1) is 0 Å². The van der Waals surface area contributed by atoms with Crippen LogP contribution < -0.4 is 15.0 Å². The number of ether oxygens (including phenoxy) is 1. The fourth-order valence-corrected chi connectivity index (χ4v) is 2.58. The highest BCUT2D eigenvalue weighted by atomic mass is 16.5. The van der Waals surface area contributed by atoms with Gasteiger partial charge in [0.25, 0.3) is 0 Å². The Bertz CT molecular complexity index is 722. The Morgan fingerprint density at radius 1 is 1.52 bits per heavy atom. The molecule has 1 aromatic heterocycles. The quantitative estimate of drug-likeness (QED) is 0.915. The molecule has 3 rings (SSSR count). The summed E-state index contributed by atoms with van der Waals surface area (Å²) < 4.78 is 5.73. The van der Waals surface area contributed by atoms with Gasteiger partial charge < -0.3 is 15.0 Å². The number of anilines is 1. The summed E-state index contributed by atoms with van der Waals surface area (Å²) in [5.74, 6) is 0.843. The molecule has 0 atom stereocenters. The zero-order valence-electron chi connectivity index (χ0n) is 13.3. The molecule has 0 spiro atoms. The lowest BCUT2D eigenvalue weighted by Crippen LogP contribution is -2.37. The highest BCUT2D eigenvalue weighted by molar-refractivity contribution is 5.93. The first kappa shape index (κ1) is 15.1. The van der Waals surface area contributed by atoms with E-state index in [9.17, 15) is 4.79 Å². The van der Waals surface area contributed by atoms with Crippen molar-refractivity contribution in [1.82, 2.24) is 15.3 Å². The van der Waals surface area contributed by atoms with Crippen molar-refractivity contribution in [3.05, 3.63) is 42.0 Å². The van der Waals surface area contributed by atoms with Crippen LogP contribution in [0.1, 0.15) is 24.6 Å². The summed E-state index contributed by atoms with van der Waals surface area (Å²) in [5.41, 5.74) is 3.96. The van der Waals surface area contributed by atoms with Crippen molar-refractivity contribution in [1.29, 1.82) is 0 Å². The summed E-state index contributed by atoms with van der Waals surface area (Å²) in [4.78, 5) is 20.7.